The average molecular weight is 575 g/mol. The summed E-state index contributed by atoms with van der Waals surface area (Å²) in [4.78, 5) is 41.1. The number of aliphatic hydroxyl groups is 3. The first kappa shape index (κ1) is 29.2. The molecule has 0 unspecified atom stereocenters. The number of nitrogens with two attached hydrogens (primary N) is 1. The van der Waals surface area contributed by atoms with Gasteiger partial charge in [0.05, 0.1) is 11.6 Å². The second-order valence-corrected chi connectivity index (χ2v) is 12.2. The molecule has 0 bridgehead atoms. The number of aromatic hydroxyl groups is 1. The highest BCUT2D eigenvalue weighted by molar-refractivity contribution is 6.24. The van der Waals surface area contributed by atoms with E-state index in [-0.39, 0.29) is 48.5 Å². The number of phenols is 1. The molecule has 41 heavy (non-hydrogen) atoms. The highest BCUT2D eigenvalue weighted by Crippen LogP contribution is 2.53. The number of phenolic OH excluding ortho intramolecular Hbond substituents is 1. The van der Waals surface area contributed by atoms with Crippen molar-refractivity contribution in [3.63, 3.8) is 0 Å². The SMILES string of the molecule is CCc1cc(CC2CCC(F)(F)CC2)c(O)c2c1C[C@H]1C[C@H]3[C@H](N(C)C)C(O)=C(C(N)=O)C(=O)[C@@]3(O)C(O)=C1C2=O. The number of hydrogen-bond acceptors (Lipinski definition) is 8. The fraction of sp³-hybridized carbons (Fsp3) is 0.567. The lowest BCUT2D eigenvalue weighted by Gasteiger charge is -2.50. The van der Waals surface area contributed by atoms with E-state index in [9.17, 15) is 43.6 Å². The van der Waals surface area contributed by atoms with E-state index in [0.29, 0.717) is 36.8 Å². The molecular weight excluding hydrogens is 538 g/mol. The minimum atomic E-state index is -2.70. The Hall–Kier alpha value is -3.31. The Morgan fingerprint density at radius 3 is 2.32 bits per heavy atom. The number of carbonyl (C=O) groups excluding carboxylic acids is 3. The summed E-state index contributed by atoms with van der Waals surface area (Å²) in [5, 5.41) is 45.4. The monoisotopic (exact) mass is 574 g/mol. The molecule has 1 aromatic carbocycles. The van der Waals surface area contributed by atoms with Crippen LogP contribution in [0.3, 0.4) is 0 Å². The van der Waals surface area contributed by atoms with Crippen LogP contribution in [0.4, 0.5) is 8.78 Å². The Balaban J connectivity index is 1.61. The summed E-state index contributed by atoms with van der Waals surface area (Å²) in [5.41, 5.74) is 3.45. The predicted octanol–water partition coefficient (Wildman–Crippen LogP) is 3.05. The molecule has 0 aromatic heterocycles. The summed E-state index contributed by atoms with van der Waals surface area (Å²) in [6.07, 6.45) is 1.20. The van der Waals surface area contributed by atoms with Crippen LogP contribution in [0.15, 0.2) is 28.7 Å². The third-order valence-electron chi connectivity index (χ3n) is 9.62. The van der Waals surface area contributed by atoms with Crippen molar-refractivity contribution in [2.75, 3.05) is 14.1 Å². The molecule has 4 aliphatic rings. The number of allylic oxidation sites excluding steroid dienone is 1. The summed E-state index contributed by atoms with van der Waals surface area (Å²) < 4.78 is 27.4. The van der Waals surface area contributed by atoms with Gasteiger partial charge in [-0.1, -0.05) is 13.0 Å². The average Bonchev–Trinajstić information content (AvgIpc) is 2.88. The number of amides is 1. The smallest absolute Gasteiger partial charge is 0.255 e. The van der Waals surface area contributed by atoms with Crippen LogP contribution >= 0.6 is 0 Å². The van der Waals surface area contributed by atoms with E-state index in [1.54, 1.807) is 14.1 Å². The second kappa shape index (κ2) is 9.90. The van der Waals surface area contributed by atoms with Crippen molar-refractivity contribution in [1.82, 2.24) is 4.90 Å². The molecule has 1 saturated carbocycles. The lowest BCUT2D eigenvalue weighted by atomic mass is 9.58. The van der Waals surface area contributed by atoms with Gasteiger partial charge in [0.25, 0.3) is 5.91 Å². The Bertz CT molecular complexity index is 1410. The summed E-state index contributed by atoms with van der Waals surface area (Å²) in [7, 11) is 3.16. The molecule has 0 saturated heterocycles. The van der Waals surface area contributed by atoms with Crippen molar-refractivity contribution in [1.29, 1.82) is 0 Å². The van der Waals surface area contributed by atoms with Gasteiger partial charge in [-0.05, 0) is 81.1 Å². The van der Waals surface area contributed by atoms with Crippen LogP contribution in [0.1, 0.15) is 66.1 Å². The van der Waals surface area contributed by atoms with Crippen molar-refractivity contribution in [2.24, 2.45) is 23.5 Å². The molecule has 1 aromatic rings. The molecule has 0 spiro atoms. The molecule has 11 heteroatoms. The van der Waals surface area contributed by atoms with Crippen LogP contribution in [0.5, 0.6) is 5.75 Å². The number of Topliss-reactive ketones (excluding diaryl/α,β-unsaturated/α-hetero) is 2. The van der Waals surface area contributed by atoms with Crippen molar-refractivity contribution < 1.29 is 43.6 Å². The minimum Gasteiger partial charge on any atom is -0.510 e. The summed E-state index contributed by atoms with van der Waals surface area (Å²) in [6.45, 7) is 1.90. The lowest BCUT2D eigenvalue weighted by Crippen LogP contribution is -2.63. The second-order valence-electron chi connectivity index (χ2n) is 12.2. The molecule has 1 fully saturated rings. The van der Waals surface area contributed by atoms with Crippen LogP contribution in [0, 0.1) is 17.8 Å². The number of hydrogen-bond donors (Lipinski definition) is 5. The van der Waals surface area contributed by atoms with E-state index >= 15 is 0 Å². The molecule has 1 amide bonds. The number of aliphatic hydroxyl groups excluding tert-OH is 2. The predicted molar refractivity (Wildman–Crippen MR) is 144 cm³/mol. The molecule has 6 N–H and O–H groups in total. The van der Waals surface area contributed by atoms with Gasteiger partial charge < -0.3 is 26.2 Å². The molecule has 9 nitrogen and oxygen atoms in total. The standard InChI is InChI=1S/C30H36F2N2O7/c1-4-14-10-16(9-13-5-7-29(31,32)8-6-13)23(35)20-17(14)11-15-12-18-22(34(2)3)25(37)21(28(33)40)27(39)30(18,41)26(38)19(15)24(20)36/h10,13,15,18,22,35,37-38,41H,4-9,11-12H2,1-3H3,(H2,33,40)/t15-,18-,22-,30-/m0/s1. The van der Waals surface area contributed by atoms with Crippen LogP contribution in [-0.4, -0.2) is 74.5 Å². The van der Waals surface area contributed by atoms with E-state index < -0.39 is 64.0 Å². The fourth-order valence-electron chi connectivity index (χ4n) is 7.54. The Morgan fingerprint density at radius 1 is 1.12 bits per heavy atom. The van der Waals surface area contributed by atoms with Gasteiger partial charge in [0.1, 0.15) is 22.8 Å². The number of ketones is 2. The zero-order chi connectivity index (χ0) is 30.2. The first-order valence-electron chi connectivity index (χ1n) is 14.0. The van der Waals surface area contributed by atoms with Gasteiger partial charge in [0, 0.05) is 24.3 Å². The van der Waals surface area contributed by atoms with Crippen LogP contribution in [0.2, 0.25) is 0 Å². The van der Waals surface area contributed by atoms with Gasteiger partial charge >= 0.3 is 0 Å². The number of fused-ring (bicyclic) bond motifs is 3. The number of aryl methyl sites for hydroxylation is 1. The van der Waals surface area contributed by atoms with Crippen molar-refractivity contribution in [3.8, 4) is 5.75 Å². The largest absolute Gasteiger partial charge is 0.510 e. The first-order valence-corrected chi connectivity index (χ1v) is 14.0. The summed E-state index contributed by atoms with van der Waals surface area (Å²) in [6, 6.07) is 0.771. The number of likely N-dealkylation sites (N-methyl/N-ethyl adjacent to an activating group) is 1. The Labute approximate surface area is 236 Å². The topological polar surface area (TPSA) is 161 Å². The van der Waals surface area contributed by atoms with E-state index in [1.165, 1.54) is 4.90 Å². The quantitative estimate of drug-likeness (QED) is 0.335. The first-order chi connectivity index (χ1) is 19.1. The molecule has 5 rings (SSSR count). The Morgan fingerprint density at radius 2 is 1.76 bits per heavy atom. The zero-order valence-corrected chi connectivity index (χ0v) is 23.3. The van der Waals surface area contributed by atoms with Gasteiger partial charge in [-0.3, -0.25) is 19.3 Å². The lowest BCUT2D eigenvalue weighted by molar-refractivity contribution is -0.148. The normalized spacial score (nSPS) is 29.9. The molecule has 4 atom stereocenters. The molecule has 222 valence electrons. The number of halogens is 2. The van der Waals surface area contributed by atoms with Crippen LogP contribution < -0.4 is 5.73 Å². The third-order valence-corrected chi connectivity index (χ3v) is 9.62. The fourth-order valence-corrected chi connectivity index (χ4v) is 7.54. The number of rotatable bonds is 5. The third kappa shape index (κ3) is 4.35. The van der Waals surface area contributed by atoms with Crippen LogP contribution in [-0.2, 0) is 28.9 Å². The van der Waals surface area contributed by atoms with E-state index in [4.69, 9.17) is 5.73 Å². The van der Waals surface area contributed by atoms with Gasteiger partial charge in [-0.2, -0.15) is 0 Å². The Kier molecular flexibility index (Phi) is 7.05. The molecule has 0 radical (unpaired) electrons. The highest BCUT2D eigenvalue weighted by Gasteiger charge is 2.63. The van der Waals surface area contributed by atoms with E-state index in [2.05, 4.69) is 0 Å². The number of nitrogens with zero attached hydrogens (tertiary/aromatic N) is 1. The molecular formula is C30H36F2N2O7. The summed E-state index contributed by atoms with van der Waals surface area (Å²) >= 11 is 0. The van der Waals surface area contributed by atoms with Crippen molar-refractivity contribution >= 4 is 17.5 Å². The maximum Gasteiger partial charge on any atom is 0.255 e. The minimum absolute atomic E-state index is 0.0215. The highest BCUT2D eigenvalue weighted by atomic mass is 19.3. The van der Waals surface area contributed by atoms with E-state index in [0.717, 1.165) is 5.56 Å². The summed E-state index contributed by atoms with van der Waals surface area (Å²) in [5.74, 6) is -9.62. The molecule has 0 aliphatic heterocycles. The maximum absolute atomic E-state index is 14.0. The van der Waals surface area contributed by atoms with Gasteiger partial charge in [-0.15, -0.1) is 0 Å². The molecule has 4 aliphatic carbocycles. The number of benzene rings is 1. The van der Waals surface area contributed by atoms with Gasteiger partial charge in [0.15, 0.2) is 11.4 Å². The van der Waals surface area contributed by atoms with Crippen LogP contribution in [0.25, 0.3) is 0 Å². The maximum atomic E-state index is 14.0. The van der Waals surface area contributed by atoms with Crippen molar-refractivity contribution in [2.45, 2.75) is 75.9 Å². The van der Waals surface area contributed by atoms with E-state index in [1.807, 2.05) is 13.0 Å². The zero-order valence-electron chi connectivity index (χ0n) is 23.3. The number of carbonyl (C=O) groups is 3. The van der Waals surface area contributed by atoms with Crippen molar-refractivity contribution in [3.05, 3.63) is 51.0 Å². The van der Waals surface area contributed by atoms with Gasteiger partial charge in [0.2, 0.25) is 11.7 Å². The number of primary amides is 1. The number of alkyl halides is 2. The molecule has 0 heterocycles. The van der Waals surface area contributed by atoms with Gasteiger partial charge in [-0.25, -0.2) is 8.78 Å².